The van der Waals surface area contributed by atoms with Crippen LogP contribution in [0.3, 0.4) is 0 Å². The van der Waals surface area contributed by atoms with Gasteiger partial charge in [-0.25, -0.2) is 5.48 Å². The fourth-order valence-corrected chi connectivity index (χ4v) is 2.37. The summed E-state index contributed by atoms with van der Waals surface area (Å²) in [6.07, 6.45) is 4.69. The van der Waals surface area contributed by atoms with Crippen LogP contribution >= 0.6 is 0 Å². The second-order valence-electron chi connectivity index (χ2n) is 4.72. The summed E-state index contributed by atoms with van der Waals surface area (Å²) in [6.45, 7) is 3.88. The number of amides is 1. The third kappa shape index (κ3) is 2.86. The van der Waals surface area contributed by atoms with E-state index in [2.05, 4.69) is 5.48 Å². The zero-order valence-corrected chi connectivity index (χ0v) is 10.5. The zero-order chi connectivity index (χ0) is 12.3. The molecule has 0 radical (unpaired) electrons. The number of hydroxylamine groups is 1. The van der Waals surface area contributed by atoms with Crippen LogP contribution in [-0.4, -0.2) is 12.0 Å². The van der Waals surface area contributed by atoms with Gasteiger partial charge in [0.2, 0.25) is 0 Å². The molecule has 1 fully saturated rings. The number of benzene rings is 1. The average Bonchev–Trinajstić information content (AvgIpc) is 2.79. The average molecular weight is 233 g/mol. The molecule has 2 rings (SSSR count). The van der Waals surface area contributed by atoms with Gasteiger partial charge >= 0.3 is 0 Å². The van der Waals surface area contributed by atoms with Crippen molar-refractivity contribution >= 4 is 5.91 Å². The van der Waals surface area contributed by atoms with Crippen LogP contribution in [0, 0.1) is 13.8 Å². The topological polar surface area (TPSA) is 38.3 Å². The predicted octanol–water partition coefficient (Wildman–Crippen LogP) is 2.91. The molecule has 1 aliphatic rings. The van der Waals surface area contributed by atoms with Crippen molar-refractivity contribution in [3.8, 4) is 0 Å². The van der Waals surface area contributed by atoms with Gasteiger partial charge in [0.1, 0.15) is 0 Å². The Hall–Kier alpha value is -1.35. The third-order valence-corrected chi connectivity index (χ3v) is 3.33. The van der Waals surface area contributed by atoms with E-state index in [4.69, 9.17) is 4.84 Å². The molecule has 0 heterocycles. The van der Waals surface area contributed by atoms with Crippen LogP contribution in [0.4, 0.5) is 0 Å². The number of hydrogen-bond acceptors (Lipinski definition) is 2. The Labute approximate surface area is 102 Å². The maximum atomic E-state index is 12.0. The van der Waals surface area contributed by atoms with Crippen LogP contribution in [0.15, 0.2) is 18.2 Å². The van der Waals surface area contributed by atoms with Crippen molar-refractivity contribution in [2.75, 3.05) is 0 Å². The van der Waals surface area contributed by atoms with Gasteiger partial charge in [-0.3, -0.25) is 9.63 Å². The highest BCUT2D eigenvalue weighted by molar-refractivity contribution is 5.96. The Morgan fingerprint density at radius 1 is 1.24 bits per heavy atom. The molecule has 0 saturated heterocycles. The third-order valence-electron chi connectivity index (χ3n) is 3.33. The normalized spacial score (nSPS) is 16.1. The van der Waals surface area contributed by atoms with Gasteiger partial charge in [0.25, 0.3) is 5.91 Å². The van der Waals surface area contributed by atoms with Crippen molar-refractivity contribution in [1.29, 1.82) is 0 Å². The Balaban J connectivity index is 1.99. The molecule has 3 heteroatoms. The number of carbonyl (C=O) groups is 1. The monoisotopic (exact) mass is 233 g/mol. The van der Waals surface area contributed by atoms with Crippen LogP contribution in [0.25, 0.3) is 0 Å². The molecule has 1 aliphatic carbocycles. The zero-order valence-electron chi connectivity index (χ0n) is 10.5. The van der Waals surface area contributed by atoms with Crippen molar-refractivity contribution in [2.45, 2.75) is 45.6 Å². The van der Waals surface area contributed by atoms with E-state index >= 15 is 0 Å². The lowest BCUT2D eigenvalue weighted by atomic mass is 10.0. The van der Waals surface area contributed by atoms with E-state index in [0.29, 0.717) is 0 Å². The van der Waals surface area contributed by atoms with E-state index in [0.717, 1.165) is 29.5 Å². The number of rotatable bonds is 3. The van der Waals surface area contributed by atoms with Gasteiger partial charge in [-0.2, -0.15) is 0 Å². The lowest BCUT2D eigenvalue weighted by molar-refractivity contribution is -0.0125. The summed E-state index contributed by atoms with van der Waals surface area (Å²) < 4.78 is 0. The van der Waals surface area contributed by atoms with Crippen LogP contribution in [0.5, 0.6) is 0 Å². The van der Waals surface area contributed by atoms with Crippen molar-refractivity contribution in [1.82, 2.24) is 5.48 Å². The van der Waals surface area contributed by atoms with E-state index in [9.17, 15) is 4.79 Å². The summed E-state index contributed by atoms with van der Waals surface area (Å²) in [5, 5.41) is 0. The molecule has 17 heavy (non-hydrogen) atoms. The number of hydrogen-bond donors (Lipinski definition) is 1. The van der Waals surface area contributed by atoms with Gasteiger partial charge in [0.15, 0.2) is 0 Å². The standard InChI is InChI=1S/C14H19NO2/c1-10-6-5-7-11(2)13(10)14(16)15-17-12-8-3-4-9-12/h5-7,12H,3-4,8-9H2,1-2H3,(H,15,16). The van der Waals surface area contributed by atoms with Gasteiger partial charge in [0, 0.05) is 5.56 Å². The lowest BCUT2D eigenvalue weighted by Crippen LogP contribution is -2.29. The molecule has 1 aromatic carbocycles. The molecule has 1 aromatic rings. The molecule has 1 N–H and O–H groups in total. The fraction of sp³-hybridized carbons (Fsp3) is 0.500. The molecule has 0 spiro atoms. The second kappa shape index (κ2) is 5.32. The summed E-state index contributed by atoms with van der Waals surface area (Å²) in [6, 6.07) is 5.84. The molecule has 1 saturated carbocycles. The van der Waals surface area contributed by atoms with E-state index in [1.54, 1.807) is 0 Å². The number of nitrogens with one attached hydrogen (secondary N) is 1. The predicted molar refractivity (Wildman–Crippen MR) is 66.7 cm³/mol. The van der Waals surface area contributed by atoms with Gasteiger partial charge in [-0.1, -0.05) is 31.0 Å². The quantitative estimate of drug-likeness (QED) is 0.815. The molecule has 1 amide bonds. The van der Waals surface area contributed by atoms with Crippen molar-refractivity contribution < 1.29 is 9.63 Å². The van der Waals surface area contributed by atoms with Crippen molar-refractivity contribution in [2.24, 2.45) is 0 Å². The fourth-order valence-electron chi connectivity index (χ4n) is 2.37. The summed E-state index contributed by atoms with van der Waals surface area (Å²) in [5.41, 5.74) is 5.28. The Kier molecular flexibility index (Phi) is 3.79. The molecular formula is C14H19NO2. The molecule has 0 aliphatic heterocycles. The maximum absolute atomic E-state index is 12.0. The Morgan fingerprint density at radius 2 is 1.82 bits per heavy atom. The van der Waals surface area contributed by atoms with Crippen LogP contribution in [0.1, 0.15) is 47.2 Å². The van der Waals surface area contributed by atoms with Crippen LogP contribution in [0.2, 0.25) is 0 Å². The highest BCUT2D eigenvalue weighted by atomic mass is 16.7. The van der Waals surface area contributed by atoms with E-state index in [1.807, 2.05) is 32.0 Å². The minimum Gasteiger partial charge on any atom is -0.270 e. The Bertz CT molecular complexity index is 388. The SMILES string of the molecule is Cc1cccc(C)c1C(=O)NOC1CCCC1. The molecule has 92 valence electrons. The van der Waals surface area contributed by atoms with Crippen LogP contribution < -0.4 is 5.48 Å². The minimum absolute atomic E-state index is 0.132. The first kappa shape index (κ1) is 12.1. The largest absolute Gasteiger partial charge is 0.275 e. The summed E-state index contributed by atoms with van der Waals surface area (Å²) in [5.74, 6) is -0.132. The summed E-state index contributed by atoms with van der Waals surface area (Å²) in [7, 11) is 0. The van der Waals surface area contributed by atoms with E-state index in [-0.39, 0.29) is 12.0 Å². The maximum Gasteiger partial charge on any atom is 0.275 e. The first-order valence-electron chi connectivity index (χ1n) is 6.20. The van der Waals surface area contributed by atoms with Gasteiger partial charge < -0.3 is 0 Å². The highest BCUT2D eigenvalue weighted by Crippen LogP contribution is 2.20. The van der Waals surface area contributed by atoms with Gasteiger partial charge in [0.05, 0.1) is 6.10 Å². The molecule has 3 nitrogen and oxygen atoms in total. The molecule has 0 atom stereocenters. The highest BCUT2D eigenvalue weighted by Gasteiger charge is 2.18. The molecule has 0 unspecified atom stereocenters. The second-order valence-corrected chi connectivity index (χ2v) is 4.72. The lowest BCUT2D eigenvalue weighted by Gasteiger charge is -2.13. The minimum atomic E-state index is -0.132. The first-order valence-corrected chi connectivity index (χ1v) is 6.20. The number of carbonyl (C=O) groups excluding carboxylic acids is 1. The van der Waals surface area contributed by atoms with E-state index in [1.165, 1.54) is 12.8 Å². The van der Waals surface area contributed by atoms with Gasteiger partial charge in [-0.15, -0.1) is 0 Å². The van der Waals surface area contributed by atoms with Crippen LogP contribution in [-0.2, 0) is 4.84 Å². The summed E-state index contributed by atoms with van der Waals surface area (Å²) in [4.78, 5) is 17.4. The molecule has 0 aromatic heterocycles. The summed E-state index contributed by atoms with van der Waals surface area (Å²) >= 11 is 0. The Morgan fingerprint density at radius 3 is 2.41 bits per heavy atom. The molecular weight excluding hydrogens is 214 g/mol. The number of aryl methyl sites for hydroxylation is 2. The van der Waals surface area contributed by atoms with Crippen molar-refractivity contribution in [3.63, 3.8) is 0 Å². The smallest absolute Gasteiger partial charge is 0.270 e. The van der Waals surface area contributed by atoms with Crippen molar-refractivity contribution in [3.05, 3.63) is 34.9 Å². The van der Waals surface area contributed by atoms with E-state index < -0.39 is 0 Å². The molecule has 0 bridgehead atoms. The first-order chi connectivity index (χ1) is 8.18. The van der Waals surface area contributed by atoms with Gasteiger partial charge in [-0.05, 0) is 37.8 Å².